The summed E-state index contributed by atoms with van der Waals surface area (Å²) in [5.41, 5.74) is 5.93. The second-order valence-corrected chi connectivity index (χ2v) is 4.95. The van der Waals surface area contributed by atoms with Gasteiger partial charge < -0.3 is 10.6 Å². The van der Waals surface area contributed by atoms with Crippen molar-refractivity contribution in [2.24, 2.45) is 11.7 Å². The van der Waals surface area contributed by atoms with E-state index in [9.17, 15) is 0 Å². The standard InChI is InChI=1S/C11H22N2/c1-9-4-6-13(7-5-9)11-3-2-10(12)8-11/h9-11H,2-8,12H2,1H3. The van der Waals surface area contributed by atoms with Crippen molar-refractivity contribution in [3.8, 4) is 0 Å². The molecule has 1 saturated carbocycles. The van der Waals surface area contributed by atoms with Crippen LogP contribution in [0.1, 0.15) is 39.0 Å². The molecular weight excluding hydrogens is 160 g/mol. The first-order valence-corrected chi connectivity index (χ1v) is 5.75. The molecule has 1 heterocycles. The van der Waals surface area contributed by atoms with E-state index in [1.54, 1.807) is 0 Å². The Morgan fingerprint density at radius 2 is 1.77 bits per heavy atom. The summed E-state index contributed by atoms with van der Waals surface area (Å²) >= 11 is 0. The molecule has 1 aliphatic carbocycles. The largest absolute Gasteiger partial charge is 0.328 e. The third-order valence-electron chi connectivity index (χ3n) is 3.78. The van der Waals surface area contributed by atoms with E-state index >= 15 is 0 Å². The summed E-state index contributed by atoms with van der Waals surface area (Å²) in [6.07, 6.45) is 6.62. The molecule has 0 amide bonds. The number of nitrogens with two attached hydrogens (primary N) is 1. The summed E-state index contributed by atoms with van der Waals surface area (Å²) in [6, 6.07) is 1.31. The van der Waals surface area contributed by atoms with Crippen molar-refractivity contribution in [3.63, 3.8) is 0 Å². The lowest BCUT2D eigenvalue weighted by Crippen LogP contribution is -2.40. The maximum atomic E-state index is 5.93. The molecule has 1 aliphatic heterocycles. The van der Waals surface area contributed by atoms with Crippen LogP contribution >= 0.6 is 0 Å². The summed E-state index contributed by atoms with van der Waals surface area (Å²) in [7, 11) is 0. The van der Waals surface area contributed by atoms with Crippen molar-refractivity contribution in [2.75, 3.05) is 13.1 Å². The van der Waals surface area contributed by atoms with Gasteiger partial charge in [-0.3, -0.25) is 0 Å². The molecule has 0 aromatic rings. The van der Waals surface area contributed by atoms with Crippen LogP contribution in [0.25, 0.3) is 0 Å². The van der Waals surface area contributed by atoms with Gasteiger partial charge in [-0.05, 0) is 51.1 Å². The highest BCUT2D eigenvalue weighted by Crippen LogP contribution is 2.26. The van der Waals surface area contributed by atoms with Crippen LogP contribution < -0.4 is 5.73 Å². The van der Waals surface area contributed by atoms with Crippen molar-refractivity contribution >= 4 is 0 Å². The number of hydrogen-bond acceptors (Lipinski definition) is 2. The zero-order valence-corrected chi connectivity index (χ0v) is 8.71. The van der Waals surface area contributed by atoms with Crippen LogP contribution in [0, 0.1) is 5.92 Å². The number of hydrogen-bond donors (Lipinski definition) is 1. The van der Waals surface area contributed by atoms with Gasteiger partial charge in [0.05, 0.1) is 0 Å². The molecule has 2 aliphatic rings. The maximum Gasteiger partial charge on any atom is 0.0111 e. The van der Waals surface area contributed by atoms with Crippen molar-refractivity contribution < 1.29 is 0 Å². The highest BCUT2D eigenvalue weighted by atomic mass is 15.2. The fourth-order valence-electron chi connectivity index (χ4n) is 2.72. The first-order valence-electron chi connectivity index (χ1n) is 5.75. The van der Waals surface area contributed by atoms with Gasteiger partial charge in [-0.25, -0.2) is 0 Å². The summed E-state index contributed by atoms with van der Waals surface area (Å²) in [5, 5.41) is 0. The summed E-state index contributed by atoms with van der Waals surface area (Å²) in [5.74, 6) is 0.950. The number of likely N-dealkylation sites (tertiary alicyclic amines) is 1. The van der Waals surface area contributed by atoms with Crippen LogP contribution in [0.2, 0.25) is 0 Å². The van der Waals surface area contributed by atoms with Crippen molar-refractivity contribution in [1.82, 2.24) is 4.90 Å². The molecule has 76 valence electrons. The van der Waals surface area contributed by atoms with Crippen LogP contribution in [0.4, 0.5) is 0 Å². The van der Waals surface area contributed by atoms with E-state index in [0.29, 0.717) is 6.04 Å². The van der Waals surface area contributed by atoms with Crippen LogP contribution in [-0.2, 0) is 0 Å². The Labute approximate surface area is 81.5 Å². The Bertz CT molecular complexity index is 161. The van der Waals surface area contributed by atoms with Crippen LogP contribution in [0.15, 0.2) is 0 Å². The molecule has 2 unspecified atom stereocenters. The minimum absolute atomic E-state index is 0.490. The highest BCUT2D eigenvalue weighted by Gasteiger charge is 2.28. The van der Waals surface area contributed by atoms with E-state index in [0.717, 1.165) is 12.0 Å². The summed E-state index contributed by atoms with van der Waals surface area (Å²) in [6.45, 7) is 5.01. The first kappa shape index (κ1) is 9.47. The highest BCUT2D eigenvalue weighted by molar-refractivity contribution is 4.86. The van der Waals surface area contributed by atoms with Gasteiger partial charge in [-0.15, -0.1) is 0 Å². The van der Waals surface area contributed by atoms with Crippen LogP contribution in [0.3, 0.4) is 0 Å². The topological polar surface area (TPSA) is 29.3 Å². The molecule has 0 aromatic heterocycles. The van der Waals surface area contributed by atoms with Crippen molar-refractivity contribution in [2.45, 2.75) is 51.1 Å². The van der Waals surface area contributed by atoms with Gasteiger partial charge >= 0.3 is 0 Å². The smallest absolute Gasteiger partial charge is 0.0111 e. The summed E-state index contributed by atoms with van der Waals surface area (Å²) in [4.78, 5) is 2.67. The average Bonchev–Trinajstić information content (AvgIpc) is 2.53. The maximum absolute atomic E-state index is 5.93. The Morgan fingerprint density at radius 3 is 2.31 bits per heavy atom. The molecule has 2 N–H and O–H groups in total. The van der Waals surface area contributed by atoms with E-state index in [1.165, 1.54) is 45.2 Å². The van der Waals surface area contributed by atoms with E-state index in [-0.39, 0.29) is 0 Å². The Morgan fingerprint density at radius 1 is 1.08 bits per heavy atom. The number of piperidine rings is 1. The second kappa shape index (κ2) is 3.97. The van der Waals surface area contributed by atoms with Crippen LogP contribution in [0.5, 0.6) is 0 Å². The molecule has 2 fully saturated rings. The SMILES string of the molecule is CC1CCN(C2CCC(N)C2)CC1. The zero-order valence-electron chi connectivity index (χ0n) is 8.71. The Balaban J connectivity index is 1.81. The van der Waals surface area contributed by atoms with E-state index in [4.69, 9.17) is 5.73 Å². The normalized spacial score (nSPS) is 38.3. The van der Waals surface area contributed by atoms with Crippen molar-refractivity contribution in [3.05, 3.63) is 0 Å². The molecular formula is C11H22N2. The van der Waals surface area contributed by atoms with Gasteiger partial charge in [-0.2, -0.15) is 0 Å². The van der Waals surface area contributed by atoms with Gasteiger partial charge in [0.15, 0.2) is 0 Å². The van der Waals surface area contributed by atoms with Crippen LogP contribution in [-0.4, -0.2) is 30.1 Å². The number of rotatable bonds is 1. The molecule has 0 radical (unpaired) electrons. The molecule has 2 heteroatoms. The van der Waals surface area contributed by atoms with E-state index in [1.807, 2.05) is 0 Å². The van der Waals surface area contributed by atoms with E-state index in [2.05, 4.69) is 11.8 Å². The van der Waals surface area contributed by atoms with Gasteiger partial charge in [0.1, 0.15) is 0 Å². The fourth-order valence-corrected chi connectivity index (χ4v) is 2.72. The quantitative estimate of drug-likeness (QED) is 0.667. The summed E-state index contributed by atoms with van der Waals surface area (Å²) < 4.78 is 0. The average molecular weight is 182 g/mol. The number of nitrogens with zero attached hydrogens (tertiary/aromatic N) is 1. The lowest BCUT2D eigenvalue weighted by molar-refractivity contribution is 0.139. The molecule has 13 heavy (non-hydrogen) atoms. The predicted octanol–water partition coefficient (Wildman–Crippen LogP) is 1.60. The van der Waals surface area contributed by atoms with E-state index < -0.39 is 0 Å². The Hall–Kier alpha value is -0.0800. The third-order valence-corrected chi connectivity index (χ3v) is 3.78. The lowest BCUT2D eigenvalue weighted by Gasteiger charge is -2.34. The molecule has 2 nitrogen and oxygen atoms in total. The minimum Gasteiger partial charge on any atom is -0.328 e. The predicted molar refractivity (Wildman–Crippen MR) is 55.6 cm³/mol. The molecule has 0 spiro atoms. The monoisotopic (exact) mass is 182 g/mol. The third kappa shape index (κ3) is 2.23. The molecule has 0 aromatic carbocycles. The van der Waals surface area contributed by atoms with Gasteiger partial charge in [-0.1, -0.05) is 6.92 Å². The Kier molecular flexibility index (Phi) is 2.89. The molecule has 2 atom stereocenters. The molecule has 0 bridgehead atoms. The molecule has 1 saturated heterocycles. The zero-order chi connectivity index (χ0) is 9.26. The van der Waals surface area contributed by atoms with Gasteiger partial charge in [0, 0.05) is 12.1 Å². The fraction of sp³-hybridized carbons (Fsp3) is 1.00. The van der Waals surface area contributed by atoms with Crippen molar-refractivity contribution in [1.29, 1.82) is 0 Å². The lowest BCUT2D eigenvalue weighted by atomic mass is 9.97. The minimum atomic E-state index is 0.490. The van der Waals surface area contributed by atoms with Gasteiger partial charge in [0.25, 0.3) is 0 Å². The van der Waals surface area contributed by atoms with Gasteiger partial charge in [0.2, 0.25) is 0 Å². The first-order chi connectivity index (χ1) is 6.25. The molecule has 2 rings (SSSR count). The second-order valence-electron chi connectivity index (χ2n) is 4.95.